The molecule has 0 aliphatic rings. The van der Waals surface area contributed by atoms with Crippen molar-refractivity contribution in [2.45, 2.75) is 6.42 Å². The standard InChI is InChI=1S/C12H9BrN2O/c13-10-5-9(7-14-8-10)12(16)6-11-3-1-2-4-15-11/h1-5,7-8H,6H2. The summed E-state index contributed by atoms with van der Waals surface area (Å²) in [5.41, 5.74) is 1.37. The Balaban J connectivity index is 2.15. The van der Waals surface area contributed by atoms with E-state index in [1.54, 1.807) is 24.7 Å². The molecule has 0 aliphatic carbocycles. The van der Waals surface area contributed by atoms with Gasteiger partial charge in [-0.1, -0.05) is 6.07 Å². The van der Waals surface area contributed by atoms with Crippen LogP contribution >= 0.6 is 15.9 Å². The van der Waals surface area contributed by atoms with Gasteiger partial charge in [0.1, 0.15) is 0 Å². The summed E-state index contributed by atoms with van der Waals surface area (Å²) >= 11 is 3.29. The van der Waals surface area contributed by atoms with Gasteiger partial charge in [-0.3, -0.25) is 14.8 Å². The monoisotopic (exact) mass is 276 g/mol. The van der Waals surface area contributed by atoms with Crippen LogP contribution in [-0.2, 0) is 6.42 Å². The molecule has 0 spiro atoms. The largest absolute Gasteiger partial charge is 0.294 e. The van der Waals surface area contributed by atoms with E-state index in [0.717, 1.165) is 10.2 Å². The van der Waals surface area contributed by atoms with Gasteiger partial charge in [-0.15, -0.1) is 0 Å². The quantitative estimate of drug-likeness (QED) is 0.810. The normalized spacial score (nSPS) is 10.1. The molecule has 4 heteroatoms. The lowest BCUT2D eigenvalue weighted by Crippen LogP contribution is -2.05. The number of rotatable bonds is 3. The summed E-state index contributed by atoms with van der Waals surface area (Å²) in [6.45, 7) is 0. The van der Waals surface area contributed by atoms with Gasteiger partial charge in [0.15, 0.2) is 5.78 Å². The van der Waals surface area contributed by atoms with Crippen molar-refractivity contribution in [1.82, 2.24) is 9.97 Å². The minimum Gasteiger partial charge on any atom is -0.294 e. The number of hydrogen-bond acceptors (Lipinski definition) is 3. The minimum absolute atomic E-state index is 0.0208. The molecule has 3 nitrogen and oxygen atoms in total. The highest BCUT2D eigenvalue weighted by Crippen LogP contribution is 2.11. The van der Waals surface area contributed by atoms with Crippen LogP contribution in [0.2, 0.25) is 0 Å². The zero-order chi connectivity index (χ0) is 11.4. The van der Waals surface area contributed by atoms with Crippen LogP contribution in [-0.4, -0.2) is 15.8 Å². The molecule has 2 aromatic heterocycles. The van der Waals surface area contributed by atoms with Crippen LogP contribution in [0.25, 0.3) is 0 Å². The van der Waals surface area contributed by atoms with Crippen molar-refractivity contribution in [3.63, 3.8) is 0 Å². The Kier molecular flexibility index (Phi) is 3.41. The summed E-state index contributed by atoms with van der Waals surface area (Å²) in [6, 6.07) is 7.30. The van der Waals surface area contributed by atoms with Gasteiger partial charge in [0.05, 0.1) is 6.42 Å². The lowest BCUT2D eigenvalue weighted by atomic mass is 10.1. The molecule has 0 saturated heterocycles. The van der Waals surface area contributed by atoms with E-state index in [9.17, 15) is 4.79 Å². The Morgan fingerprint density at radius 1 is 1.31 bits per heavy atom. The molecule has 0 N–H and O–H groups in total. The summed E-state index contributed by atoms with van der Waals surface area (Å²) in [5, 5.41) is 0. The molecule has 0 aliphatic heterocycles. The topological polar surface area (TPSA) is 42.9 Å². The third-order valence-corrected chi connectivity index (χ3v) is 2.53. The number of pyridine rings is 2. The number of Topliss-reactive ketones (excluding diaryl/α,β-unsaturated/α-hetero) is 1. The van der Waals surface area contributed by atoms with Crippen LogP contribution in [0.4, 0.5) is 0 Å². The fourth-order valence-corrected chi connectivity index (χ4v) is 1.70. The van der Waals surface area contributed by atoms with Gasteiger partial charge in [0.25, 0.3) is 0 Å². The van der Waals surface area contributed by atoms with Gasteiger partial charge in [-0.25, -0.2) is 0 Å². The Hall–Kier alpha value is -1.55. The van der Waals surface area contributed by atoms with Crippen molar-refractivity contribution in [2.24, 2.45) is 0 Å². The average Bonchev–Trinajstić information content (AvgIpc) is 2.30. The zero-order valence-electron chi connectivity index (χ0n) is 8.43. The maximum absolute atomic E-state index is 11.9. The smallest absolute Gasteiger partial charge is 0.170 e. The SMILES string of the molecule is O=C(Cc1ccccn1)c1cncc(Br)c1. The van der Waals surface area contributed by atoms with Crippen LogP contribution in [0.15, 0.2) is 47.3 Å². The summed E-state index contributed by atoms with van der Waals surface area (Å²) in [5.74, 6) is 0.0208. The van der Waals surface area contributed by atoms with Gasteiger partial charge in [0.2, 0.25) is 0 Å². The van der Waals surface area contributed by atoms with Crippen LogP contribution in [0.5, 0.6) is 0 Å². The molecule has 0 bridgehead atoms. The second-order valence-corrected chi connectivity index (χ2v) is 4.23. The molecule has 16 heavy (non-hydrogen) atoms. The lowest BCUT2D eigenvalue weighted by Gasteiger charge is -2.00. The first kappa shape index (κ1) is 11.0. The molecule has 0 radical (unpaired) electrons. The van der Waals surface area contributed by atoms with Gasteiger partial charge in [-0.2, -0.15) is 0 Å². The second-order valence-electron chi connectivity index (χ2n) is 3.31. The number of aromatic nitrogens is 2. The number of carbonyl (C=O) groups excluding carboxylic acids is 1. The summed E-state index contributed by atoms with van der Waals surface area (Å²) < 4.78 is 0.805. The van der Waals surface area contributed by atoms with Gasteiger partial charge in [-0.05, 0) is 34.1 Å². The summed E-state index contributed by atoms with van der Waals surface area (Å²) in [7, 11) is 0. The predicted octanol–water partition coefficient (Wildman–Crippen LogP) is 2.66. The Bertz CT molecular complexity index is 499. The zero-order valence-corrected chi connectivity index (χ0v) is 10.0. The van der Waals surface area contributed by atoms with Crippen molar-refractivity contribution in [3.05, 3.63) is 58.6 Å². The molecule has 2 heterocycles. The Labute approximate surface area is 102 Å². The molecule has 0 saturated carbocycles. The Morgan fingerprint density at radius 3 is 2.88 bits per heavy atom. The van der Waals surface area contributed by atoms with E-state index in [4.69, 9.17) is 0 Å². The first-order chi connectivity index (χ1) is 7.75. The van der Waals surface area contributed by atoms with Crippen LogP contribution in [0, 0.1) is 0 Å². The van der Waals surface area contributed by atoms with E-state index < -0.39 is 0 Å². The Morgan fingerprint density at radius 2 is 2.19 bits per heavy atom. The van der Waals surface area contributed by atoms with E-state index in [-0.39, 0.29) is 5.78 Å². The highest BCUT2D eigenvalue weighted by atomic mass is 79.9. The highest BCUT2D eigenvalue weighted by molar-refractivity contribution is 9.10. The molecule has 2 rings (SSSR count). The van der Waals surface area contributed by atoms with Crippen molar-refractivity contribution >= 4 is 21.7 Å². The fourth-order valence-electron chi connectivity index (χ4n) is 1.33. The van der Waals surface area contributed by atoms with Crippen LogP contribution in [0.1, 0.15) is 16.1 Å². The van der Waals surface area contributed by atoms with Gasteiger partial charge in [0, 0.05) is 34.3 Å². The second kappa shape index (κ2) is 4.99. The lowest BCUT2D eigenvalue weighted by molar-refractivity contribution is 0.0991. The van der Waals surface area contributed by atoms with E-state index in [1.807, 2.05) is 18.2 Å². The van der Waals surface area contributed by atoms with Crippen LogP contribution in [0.3, 0.4) is 0 Å². The number of carbonyl (C=O) groups is 1. The highest BCUT2D eigenvalue weighted by Gasteiger charge is 2.08. The molecule has 0 unspecified atom stereocenters. The maximum atomic E-state index is 11.9. The fraction of sp³-hybridized carbons (Fsp3) is 0.0833. The molecular formula is C12H9BrN2O. The number of hydrogen-bond donors (Lipinski definition) is 0. The summed E-state index contributed by atoms with van der Waals surface area (Å²) in [6.07, 6.45) is 5.20. The number of halogens is 1. The van der Waals surface area contributed by atoms with E-state index in [0.29, 0.717) is 12.0 Å². The molecule has 2 aromatic rings. The molecule has 0 fully saturated rings. The van der Waals surface area contributed by atoms with Crippen molar-refractivity contribution in [1.29, 1.82) is 0 Å². The van der Waals surface area contributed by atoms with E-state index in [1.165, 1.54) is 0 Å². The average molecular weight is 277 g/mol. The van der Waals surface area contributed by atoms with Crippen molar-refractivity contribution in [2.75, 3.05) is 0 Å². The first-order valence-corrected chi connectivity index (χ1v) is 5.58. The predicted molar refractivity (Wildman–Crippen MR) is 64.2 cm³/mol. The minimum atomic E-state index is 0.0208. The van der Waals surface area contributed by atoms with E-state index in [2.05, 4.69) is 25.9 Å². The molecule has 80 valence electrons. The maximum Gasteiger partial charge on any atom is 0.170 e. The van der Waals surface area contributed by atoms with E-state index >= 15 is 0 Å². The molecule has 0 aromatic carbocycles. The third-order valence-electron chi connectivity index (χ3n) is 2.09. The van der Waals surface area contributed by atoms with Gasteiger partial charge < -0.3 is 0 Å². The van der Waals surface area contributed by atoms with Crippen molar-refractivity contribution < 1.29 is 4.79 Å². The molecular weight excluding hydrogens is 268 g/mol. The molecule has 0 atom stereocenters. The van der Waals surface area contributed by atoms with Gasteiger partial charge >= 0.3 is 0 Å². The van der Waals surface area contributed by atoms with Crippen molar-refractivity contribution in [3.8, 4) is 0 Å². The van der Waals surface area contributed by atoms with Crippen LogP contribution < -0.4 is 0 Å². The molecule has 0 amide bonds. The number of ketones is 1. The summed E-state index contributed by atoms with van der Waals surface area (Å²) in [4.78, 5) is 19.9. The third kappa shape index (κ3) is 2.73. The number of nitrogens with zero attached hydrogens (tertiary/aromatic N) is 2. The first-order valence-electron chi connectivity index (χ1n) is 4.79.